The van der Waals surface area contributed by atoms with Gasteiger partial charge in [0.05, 0.1) is 0 Å². The number of carboxylic acid groups (broad SMARTS) is 1. The molecule has 0 radical (unpaired) electrons. The fourth-order valence-electron chi connectivity index (χ4n) is 1.44. The number of aromatic nitrogens is 1. The van der Waals surface area contributed by atoms with E-state index in [0.717, 1.165) is 17.7 Å². The van der Waals surface area contributed by atoms with Gasteiger partial charge in [0.15, 0.2) is 0 Å². The van der Waals surface area contributed by atoms with E-state index in [2.05, 4.69) is 18.8 Å². The summed E-state index contributed by atoms with van der Waals surface area (Å²) in [5.41, 5.74) is 1.95. The molecule has 1 heterocycles. The molecule has 0 aliphatic rings. The fourth-order valence-corrected chi connectivity index (χ4v) is 1.44. The molecule has 0 unspecified atom stereocenters. The molecule has 1 N–H and O–H groups in total. The highest BCUT2D eigenvalue weighted by Crippen LogP contribution is 2.11. The van der Waals surface area contributed by atoms with Crippen molar-refractivity contribution in [1.82, 2.24) is 4.98 Å². The molecule has 76 valence electrons. The summed E-state index contributed by atoms with van der Waals surface area (Å²) in [6.07, 6.45) is 0.893. The summed E-state index contributed by atoms with van der Waals surface area (Å²) in [4.78, 5) is 14.7. The summed E-state index contributed by atoms with van der Waals surface area (Å²) in [5, 5.41) is 8.81. The highest BCUT2D eigenvalue weighted by molar-refractivity contribution is 5.85. The zero-order valence-corrected chi connectivity index (χ0v) is 8.74. The molecular weight excluding hydrogens is 178 g/mol. The largest absolute Gasteiger partial charge is 0.477 e. The van der Waals surface area contributed by atoms with E-state index >= 15 is 0 Å². The van der Waals surface area contributed by atoms with Crippen LogP contribution in [0.2, 0.25) is 0 Å². The van der Waals surface area contributed by atoms with Crippen molar-refractivity contribution in [2.75, 3.05) is 0 Å². The lowest BCUT2D eigenvalue weighted by atomic mass is 10.0. The Morgan fingerprint density at radius 3 is 2.64 bits per heavy atom. The van der Waals surface area contributed by atoms with Gasteiger partial charge in [-0.3, -0.25) is 0 Å². The molecule has 0 amide bonds. The van der Waals surface area contributed by atoms with Gasteiger partial charge in [-0.05, 0) is 37.0 Å². The molecule has 0 aliphatic heterocycles. The van der Waals surface area contributed by atoms with E-state index in [1.165, 1.54) is 0 Å². The standard InChI is InChI=1S/C11H15NO2/c1-7(2)4-9-5-8(3)12-10(6-9)11(13)14/h5-7H,4H2,1-3H3,(H,13,14). The van der Waals surface area contributed by atoms with Crippen LogP contribution in [0.25, 0.3) is 0 Å². The number of hydrogen-bond acceptors (Lipinski definition) is 2. The topological polar surface area (TPSA) is 50.2 Å². The molecule has 14 heavy (non-hydrogen) atoms. The van der Waals surface area contributed by atoms with Crippen LogP contribution in [0.5, 0.6) is 0 Å². The molecule has 3 nitrogen and oxygen atoms in total. The summed E-state index contributed by atoms with van der Waals surface area (Å²) >= 11 is 0. The van der Waals surface area contributed by atoms with Crippen molar-refractivity contribution in [3.05, 3.63) is 29.1 Å². The second-order valence-electron chi connectivity index (χ2n) is 3.91. The SMILES string of the molecule is Cc1cc(CC(C)C)cc(C(=O)O)n1. The summed E-state index contributed by atoms with van der Waals surface area (Å²) in [7, 11) is 0. The predicted molar refractivity (Wildman–Crippen MR) is 54.5 cm³/mol. The number of nitrogens with zero attached hydrogens (tertiary/aromatic N) is 1. The van der Waals surface area contributed by atoms with Crippen molar-refractivity contribution in [3.63, 3.8) is 0 Å². The van der Waals surface area contributed by atoms with Crippen LogP contribution in [0.4, 0.5) is 0 Å². The van der Waals surface area contributed by atoms with Gasteiger partial charge in [-0.25, -0.2) is 9.78 Å². The summed E-state index contributed by atoms with van der Waals surface area (Å²) in [6.45, 7) is 6.03. The van der Waals surface area contributed by atoms with E-state index < -0.39 is 5.97 Å². The third-order valence-electron chi connectivity index (χ3n) is 1.88. The number of rotatable bonds is 3. The van der Waals surface area contributed by atoms with Gasteiger partial charge >= 0.3 is 5.97 Å². The number of aryl methyl sites for hydroxylation is 1. The van der Waals surface area contributed by atoms with Crippen molar-refractivity contribution >= 4 is 5.97 Å². The zero-order chi connectivity index (χ0) is 10.7. The average Bonchev–Trinajstić information content (AvgIpc) is 2.01. The molecule has 1 rings (SSSR count). The Hall–Kier alpha value is -1.38. The molecule has 0 aromatic carbocycles. The zero-order valence-electron chi connectivity index (χ0n) is 8.74. The first kappa shape index (κ1) is 10.7. The fraction of sp³-hybridized carbons (Fsp3) is 0.455. The molecule has 1 aromatic heterocycles. The minimum Gasteiger partial charge on any atom is -0.477 e. The van der Waals surface area contributed by atoms with E-state index in [4.69, 9.17) is 5.11 Å². The third kappa shape index (κ3) is 2.83. The minimum absolute atomic E-state index is 0.139. The molecule has 0 spiro atoms. The van der Waals surface area contributed by atoms with Crippen LogP contribution in [-0.4, -0.2) is 16.1 Å². The Morgan fingerprint density at radius 2 is 2.14 bits per heavy atom. The van der Waals surface area contributed by atoms with Gasteiger partial charge in [0, 0.05) is 5.69 Å². The predicted octanol–water partition coefficient (Wildman–Crippen LogP) is 2.29. The van der Waals surface area contributed by atoms with Crippen LogP contribution in [0.1, 0.15) is 35.6 Å². The first-order valence-corrected chi connectivity index (χ1v) is 4.70. The first-order valence-electron chi connectivity index (χ1n) is 4.70. The van der Waals surface area contributed by atoms with Gasteiger partial charge in [0.2, 0.25) is 0 Å². The molecule has 0 saturated carbocycles. The molecular formula is C11H15NO2. The number of aromatic carboxylic acids is 1. The highest BCUT2D eigenvalue weighted by Gasteiger charge is 2.07. The Balaban J connectivity index is 3.01. The Morgan fingerprint density at radius 1 is 1.50 bits per heavy atom. The van der Waals surface area contributed by atoms with E-state index in [0.29, 0.717) is 5.92 Å². The molecule has 0 fully saturated rings. The molecule has 3 heteroatoms. The number of pyridine rings is 1. The van der Waals surface area contributed by atoms with Crippen LogP contribution in [0.15, 0.2) is 12.1 Å². The normalized spacial score (nSPS) is 10.6. The van der Waals surface area contributed by atoms with Crippen LogP contribution < -0.4 is 0 Å². The lowest BCUT2D eigenvalue weighted by Crippen LogP contribution is -2.04. The van der Waals surface area contributed by atoms with Gasteiger partial charge in [-0.15, -0.1) is 0 Å². The number of carboxylic acids is 1. The monoisotopic (exact) mass is 193 g/mol. The Labute approximate surface area is 83.8 Å². The molecule has 0 atom stereocenters. The van der Waals surface area contributed by atoms with Gasteiger partial charge in [-0.2, -0.15) is 0 Å². The maximum Gasteiger partial charge on any atom is 0.354 e. The lowest BCUT2D eigenvalue weighted by Gasteiger charge is -2.06. The van der Waals surface area contributed by atoms with Gasteiger partial charge < -0.3 is 5.11 Å². The smallest absolute Gasteiger partial charge is 0.354 e. The van der Waals surface area contributed by atoms with Gasteiger partial charge in [0.25, 0.3) is 0 Å². The second kappa shape index (κ2) is 4.22. The minimum atomic E-state index is -0.960. The summed E-state index contributed by atoms with van der Waals surface area (Å²) in [6, 6.07) is 3.59. The van der Waals surface area contributed by atoms with Crippen molar-refractivity contribution in [2.45, 2.75) is 27.2 Å². The summed E-state index contributed by atoms with van der Waals surface area (Å²) in [5.74, 6) is -0.433. The Kier molecular flexibility index (Phi) is 3.23. The van der Waals surface area contributed by atoms with Gasteiger partial charge in [-0.1, -0.05) is 13.8 Å². The molecule has 0 aliphatic carbocycles. The van der Waals surface area contributed by atoms with Gasteiger partial charge in [0.1, 0.15) is 5.69 Å². The number of hydrogen-bond donors (Lipinski definition) is 1. The van der Waals surface area contributed by atoms with E-state index in [1.54, 1.807) is 6.07 Å². The van der Waals surface area contributed by atoms with E-state index in [-0.39, 0.29) is 5.69 Å². The van der Waals surface area contributed by atoms with E-state index in [9.17, 15) is 4.79 Å². The lowest BCUT2D eigenvalue weighted by molar-refractivity contribution is 0.0690. The van der Waals surface area contributed by atoms with E-state index in [1.807, 2.05) is 13.0 Å². The van der Waals surface area contributed by atoms with Crippen molar-refractivity contribution in [1.29, 1.82) is 0 Å². The van der Waals surface area contributed by atoms with Crippen molar-refractivity contribution < 1.29 is 9.90 Å². The average molecular weight is 193 g/mol. The first-order chi connectivity index (χ1) is 6.49. The highest BCUT2D eigenvalue weighted by atomic mass is 16.4. The van der Waals surface area contributed by atoms with Crippen LogP contribution in [-0.2, 0) is 6.42 Å². The number of carbonyl (C=O) groups is 1. The van der Waals surface area contributed by atoms with Crippen molar-refractivity contribution in [3.8, 4) is 0 Å². The Bertz CT molecular complexity index is 345. The maximum absolute atomic E-state index is 10.7. The summed E-state index contributed by atoms with van der Waals surface area (Å²) < 4.78 is 0. The molecule has 0 bridgehead atoms. The maximum atomic E-state index is 10.7. The van der Waals surface area contributed by atoms with Crippen LogP contribution in [0.3, 0.4) is 0 Å². The molecule has 0 saturated heterocycles. The second-order valence-corrected chi connectivity index (χ2v) is 3.91. The third-order valence-corrected chi connectivity index (χ3v) is 1.88. The van der Waals surface area contributed by atoms with Crippen molar-refractivity contribution in [2.24, 2.45) is 5.92 Å². The quantitative estimate of drug-likeness (QED) is 0.801. The molecule has 1 aromatic rings. The van der Waals surface area contributed by atoms with Crippen LogP contribution >= 0.6 is 0 Å². The van der Waals surface area contributed by atoms with Crippen LogP contribution in [0, 0.1) is 12.8 Å².